The molecule has 1 saturated heterocycles. The largest absolute Gasteiger partial charge is 0.374 e. The van der Waals surface area contributed by atoms with Crippen molar-refractivity contribution in [3.05, 3.63) is 48.0 Å². The minimum atomic E-state index is -0.0560. The van der Waals surface area contributed by atoms with Crippen LogP contribution in [0.1, 0.15) is 31.2 Å². The van der Waals surface area contributed by atoms with E-state index in [0.29, 0.717) is 45.4 Å². The van der Waals surface area contributed by atoms with Gasteiger partial charge in [0, 0.05) is 38.1 Å². The van der Waals surface area contributed by atoms with Crippen LogP contribution in [0.25, 0.3) is 10.8 Å². The molecule has 0 unspecified atom stereocenters. The molecule has 28 heavy (non-hydrogen) atoms. The fourth-order valence-corrected chi connectivity index (χ4v) is 3.89. The first kappa shape index (κ1) is 18.6. The van der Waals surface area contributed by atoms with E-state index in [1.165, 1.54) is 16.3 Å². The summed E-state index contributed by atoms with van der Waals surface area (Å²) in [6, 6.07) is 14.7. The number of ether oxygens (including phenoxy) is 1. The number of hydrogen-bond acceptors (Lipinski definition) is 4. The number of rotatable bonds is 5. The summed E-state index contributed by atoms with van der Waals surface area (Å²) in [5, 5.41) is 6.52. The zero-order valence-corrected chi connectivity index (χ0v) is 15.9. The Morgan fingerprint density at radius 1 is 1.18 bits per heavy atom. The van der Waals surface area contributed by atoms with Crippen molar-refractivity contribution in [3.8, 4) is 0 Å². The molecule has 0 spiro atoms. The van der Waals surface area contributed by atoms with E-state index in [0.717, 1.165) is 12.1 Å². The molecule has 1 fully saturated rings. The van der Waals surface area contributed by atoms with Gasteiger partial charge in [-0.05, 0) is 29.2 Å². The number of carbonyl (C=O) groups is 2. The second-order valence-electron chi connectivity index (χ2n) is 7.39. The van der Waals surface area contributed by atoms with Crippen LogP contribution in [-0.2, 0) is 20.7 Å². The van der Waals surface area contributed by atoms with E-state index >= 15 is 0 Å². The van der Waals surface area contributed by atoms with Gasteiger partial charge in [-0.2, -0.15) is 5.10 Å². The van der Waals surface area contributed by atoms with Crippen molar-refractivity contribution < 1.29 is 14.3 Å². The molecule has 146 valence electrons. The van der Waals surface area contributed by atoms with Gasteiger partial charge in [-0.3, -0.25) is 9.59 Å². The summed E-state index contributed by atoms with van der Waals surface area (Å²) >= 11 is 0. The molecule has 6 nitrogen and oxygen atoms in total. The molecule has 0 saturated carbocycles. The van der Waals surface area contributed by atoms with Crippen molar-refractivity contribution in [3.63, 3.8) is 0 Å². The van der Waals surface area contributed by atoms with Crippen molar-refractivity contribution in [2.75, 3.05) is 19.7 Å². The molecule has 2 aromatic rings. The maximum Gasteiger partial charge on any atom is 0.240 e. The molecule has 4 rings (SSSR count). The van der Waals surface area contributed by atoms with E-state index in [1.54, 1.807) is 0 Å². The van der Waals surface area contributed by atoms with Crippen LogP contribution in [0.15, 0.2) is 47.6 Å². The molecule has 2 aliphatic heterocycles. The number of hydrogen-bond donors (Lipinski definition) is 1. The first-order valence-corrected chi connectivity index (χ1v) is 9.89. The van der Waals surface area contributed by atoms with Crippen LogP contribution in [0.2, 0.25) is 0 Å². The number of amides is 2. The van der Waals surface area contributed by atoms with Gasteiger partial charge in [0.1, 0.15) is 0 Å². The van der Waals surface area contributed by atoms with Crippen LogP contribution in [0, 0.1) is 0 Å². The summed E-state index contributed by atoms with van der Waals surface area (Å²) in [7, 11) is 0. The Kier molecular flexibility index (Phi) is 5.67. The maximum atomic E-state index is 12.6. The van der Waals surface area contributed by atoms with Crippen molar-refractivity contribution in [1.82, 2.24) is 10.3 Å². The lowest BCUT2D eigenvalue weighted by Gasteiger charge is -2.33. The highest BCUT2D eigenvalue weighted by Gasteiger charge is 2.25. The molecular weight excluding hydrogens is 354 g/mol. The summed E-state index contributed by atoms with van der Waals surface area (Å²) in [6.45, 7) is 1.82. The molecule has 1 atom stereocenters. The molecule has 0 aliphatic carbocycles. The predicted octanol–water partition coefficient (Wildman–Crippen LogP) is 2.66. The minimum absolute atomic E-state index is 0.00909. The Morgan fingerprint density at radius 3 is 2.89 bits per heavy atom. The Hall–Kier alpha value is -2.73. The van der Waals surface area contributed by atoms with Crippen molar-refractivity contribution in [2.45, 2.75) is 38.2 Å². The van der Waals surface area contributed by atoms with E-state index in [9.17, 15) is 9.59 Å². The van der Waals surface area contributed by atoms with Gasteiger partial charge in [-0.15, -0.1) is 0 Å². The number of morpholine rings is 1. The number of nitrogens with zero attached hydrogens (tertiary/aromatic N) is 2. The van der Waals surface area contributed by atoms with Crippen LogP contribution in [-0.4, -0.2) is 48.2 Å². The molecule has 2 aliphatic rings. The lowest BCUT2D eigenvalue weighted by atomic mass is 9.99. The molecule has 6 heteroatoms. The van der Waals surface area contributed by atoms with Crippen molar-refractivity contribution in [1.29, 1.82) is 0 Å². The van der Waals surface area contributed by atoms with Gasteiger partial charge in [0.05, 0.1) is 12.7 Å². The smallest absolute Gasteiger partial charge is 0.240 e. The van der Waals surface area contributed by atoms with Gasteiger partial charge in [0.15, 0.2) is 0 Å². The van der Waals surface area contributed by atoms with E-state index in [1.807, 2.05) is 11.0 Å². The molecule has 2 heterocycles. The first-order chi connectivity index (χ1) is 13.7. The van der Waals surface area contributed by atoms with Gasteiger partial charge >= 0.3 is 0 Å². The van der Waals surface area contributed by atoms with Crippen molar-refractivity contribution >= 4 is 28.3 Å². The Balaban J connectivity index is 1.35. The minimum Gasteiger partial charge on any atom is -0.374 e. The lowest BCUT2D eigenvalue weighted by molar-refractivity contribution is -0.138. The van der Waals surface area contributed by atoms with Gasteiger partial charge in [0.25, 0.3) is 0 Å². The monoisotopic (exact) mass is 379 g/mol. The normalized spacial score (nSPS) is 20.0. The second-order valence-corrected chi connectivity index (χ2v) is 7.39. The maximum absolute atomic E-state index is 12.6. The summed E-state index contributed by atoms with van der Waals surface area (Å²) in [6.07, 6.45) is 2.93. The third kappa shape index (κ3) is 4.39. The lowest BCUT2D eigenvalue weighted by Crippen LogP contribution is -2.46. The Labute approximate surface area is 164 Å². The zero-order valence-electron chi connectivity index (χ0n) is 15.9. The summed E-state index contributed by atoms with van der Waals surface area (Å²) in [4.78, 5) is 25.7. The third-order valence-electron chi connectivity index (χ3n) is 5.43. The Bertz CT molecular complexity index is 904. The standard InChI is InChI=1S/C22H25N3O3/c26-21-10-8-18(23-24-21)9-11-22(27)25-12-13-28-19(15-25)14-17-6-3-5-16-4-1-2-7-20(16)17/h1-7,19H,8-15H2,(H,24,26)/t19-/m1/s1. The fraction of sp³-hybridized carbons (Fsp3) is 0.409. The van der Waals surface area contributed by atoms with Crippen LogP contribution < -0.4 is 5.43 Å². The van der Waals surface area contributed by atoms with Crippen LogP contribution in [0.3, 0.4) is 0 Å². The third-order valence-corrected chi connectivity index (χ3v) is 5.43. The molecule has 0 aromatic heterocycles. The highest BCUT2D eigenvalue weighted by atomic mass is 16.5. The number of hydrazone groups is 1. The van der Waals surface area contributed by atoms with E-state index < -0.39 is 0 Å². The number of carbonyl (C=O) groups excluding carboxylic acids is 2. The highest BCUT2D eigenvalue weighted by Crippen LogP contribution is 2.22. The second kappa shape index (κ2) is 8.52. The fourth-order valence-electron chi connectivity index (χ4n) is 3.89. The van der Waals surface area contributed by atoms with Gasteiger partial charge in [-0.1, -0.05) is 42.5 Å². The average Bonchev–Trinajstić information content (AvgIpc) is 2.74. The quantitative estimate of drug-likeness (QED) is 0.868. The number of fused-ring (bicyclic) bond motifs is 1. The van der Waals surface area contributed by atoms with Gasteiger partial charge in [0.2, 0.25) is 11.8 Å². The van der Waals surface area contributed by atoms with E-state index in [-0.39, 0.29) is 17.9 Å². The van der Waals surface area contributed by atoms with Crippen LogP contribution >= 0.6 is 0 Å². The molecule has 1 N–H and O–H groups in total. The molecular formula is C22H25N3O3. The van der Waals surface area contributed by atoms with Gasteiger partial charge < -0.3 is 9.64 Å². The average molecular weight is 379 g/mol. The number of nitrogens with one attached hydrogen (secondary N) is 1. The van der Waals surface area contributed by atoms with Crippen LogP contribution in [0.4, 0.5) is 0 Å². The summed E-state index contributed by atoms with van der Waals surface area (Å²) in [5.74, 6) is 0.0744. The molecule has 0 radical (unpaired) electrons. The number of benzene rings is 2. The summed E-state index contributed by atoms with van der Waals surface area (Å²) in [5.41, 5.74) is 4.64. The van der Waals surface area contributed by atoms with E-state index in [4.69, 9.17) is 4.74 Å². The first-order valence-electron chi connectivity index (χ1n) is 9.89. The molecule has 2 amide bonds. The van der Waals surface area contributed by atoms with Crippen LogP contribution in [0.5, 0.6) is 0 Å². The Morgan fingerprint density at radius 2 is 2.04 bits per heavy atom. The topological polar surface area (TPSA) is 71.0 Å². The SMILES string of the molecule is O=C1CCC(CCC(=O)N2CCO[C@H](Cc3cccc4ccccc34)C2)=NN1. The highest BCUT2D eigenvalue weighted by molar-refractivity contribution is 5.94. The van der Waals surface area contributed by atoms with E-state index in [2.05, 4.69) is 46.9 Å². The predicted molar refractivity (Wildman–Crippen MR) is 108 cm³/mol. The van der Waals surface area contributed by atoms with Gasteiger partial charge in [-0.25, -0.2) is 5.43 Å². The van der Waals surface area contributed by atoms with Crippen molar-refractivity contribution in [2.24, 2.45) is 5.10 Å². The zero-order chi connectivity index (χ0) is 19.3. The molecule has 0 bridgehead atoms. The summed E-state index contributed by atoms with van der Waals surface area (Å²) < 4.78 is 5.95. The molecule has 2 aromatic carbocycles.